The summed E-state index contributed by atoms with van der Waals surface area (Å²) in [4.78, 5) is 30.3. The fourth-order valence-corrected chi connectivity index (χ4v) is 3.96. The van der Waals surface area contributed by atoms with Crippen molar-refractivity contribution >= 4 is 17.5 Å². The molecule has 2 heterocycles. The monoisotopic (exact) mass is 492 g/mol. The molecular formula is C26H25ClN4O4. The summed E-state index contributed by atoms with van der Waals surface area (Å²) in [6.45, 7) is 0.246. The number of ether oxygens (including phenoxy) is 2. The number of hydrogen-bond donors (Lipinski definition) is 1. The normalized spacial score (nSPS) is 11.7. The third-order valence-electron chi connectivity index (χ3n) is 5.64. The summed E-state index contributed by atoms with van der Waals surface area (Å²) in [5.74, 6) is 1.42. The van der Waals surface area contributed by atoms with Gasteiger partial charge in [0.25, 0.3) is 11.5 Å². The highest BCUT2D eigenvalue weighted by atomic mass is 35.5. The van der Waals surface area contributed by atoms with Crippen molar-refractivity contribution in [3.8, 4) is 11.5 Å². The molecule has 4 aromatic rings. The van der Waals surface area contributed by atoms with Crippen LogP contribution in [0.4, 0.5) is 0 Å². The summed E-state index contributed by atoms with van der Waals surface area (Å²) in [6, 6.07) is 14.9. The van der Waals surface area contributed by atoms with Crippen LogP contribution in [0.2, 0.25) is 5.02 Å². The molecule has 0 aliphatic carbocycles. The van der Waals surface area contributed by atoms with Crippen molar-refractivity contribution in [2.24, 2.45) is 7.05 Å². The molecule has 0 aliphatic rings. The van der Waals surface area contributed by atoms with Crippen LogP contribution in [0.5, 0.6) is 11.5 Å². The second-order valence-corrected chi connectivity index (χ2v) is 8.33. The van der Waals surface area contributed by atoms with E-state index in [1.165, 1.54) is 22.9 Å². The van der Waals surface area contributed by atoms with Crippen LogP contribution in [-0.2, 0) is 13.6 Å². The van der Waals surface area contributed by atoms with Crippen molar-refractivity contribution < 1.29 is 14.3 Å². The first-order valence-electron chi connectivity index (χ1n) is 10.8. The van der Waals surface area contributed by atoms with Gasteiger partial charge >= 0.3 is 0 Å². The van der Waals surface area contributed by atoms with Gasteiger partial charge in [0, 0.05) is 42.8 Å². The van der Waals surface area contributed by atoms with E-state index in [2.05, 4.69) is 10.3 Å². The SMILES string of the molecule is COc1cc(OC)cc(C(NC(=O)c2ccc(=O)n(Cc3ccccc3Cl)c2)c2nccn2C)c1. The zero-order valence-corrected chi connectivity index (χ0v) is 20.3. The molecule has 0 saturated heterocycles. The molecule has 1 N–H and O–H groups in total. The third kappa shape index (κ3) is 5.38. The standard InChI is InChI=1S/C26H25ClN4O4/c1-30-11-10-28-25(30)24(19-12-20(34-2)14-21(13-19)35-3)29-26(33)18-8-9-23(32)31(16-18)15-17-6-4-5-7-22(17)27/h4-14,16,24H,15H2,1-3H3,(H,29,33). The van der Waals surface area contributed by atoms with Gasteiger partial charge in [0.05, 0.1) is 26.3 Å². The molecule has 0 saturated carbocycles. The number of carbonyl (C=O) groups excluding carboxylic acids is 1. The van der Waals surface area contributed by atoms with E-state index >= 15 is 0 Å². The van der Waals surface area contributed by atoms with Gasteiger partial charge in [0.2, 0.25) is 0 Å². The number of imidazole rings is 1. The van der Waals surface area contributed by atoms with Crippen molar-refractivity contribution in [2.75, 3.05) is 14.2 Å². The van der Waals surface area contributed by atoms with Crippen molar-refractivity contribution in [1.29, 1.82) is 0 Å². The summed E-state index contributed by atoms with van der Waals surface area (Å²) in [5, 5.41) is 3.59. The molecule has 4 rings (SSSR count). The van der Waals surface area contributed by atoms with Crippen molar-refractivity contribution in [1.82, 2.24) is 19.4 Å². The fourth-order valence-electron chi connectivity index (χ4n) is 3.76. The predicted octanol–water partition coefficient (Wildman–Crippen LogP) is 3.82. The lowest BCUT2D eigenvalue weighted by Gasteiger charge is -2.21. The quantitative estimate of drug-likeness (QED) is 0.404. The lowest BCUT2D eigenvalue weighted by Crippen LogP contribution is -2.32. The molecule has 35 heavy (non-hydrogen) atoms. The Bertz CT molecular complexity index is 1390. The van der Waals surface area contributed by atoms with Crippen LogP contribution in [0.25, 0.3) is 0 Å². The van der Waals surface area contributed by atoms with Gasteiger partial charge < -0.3 is 23.9 Å². The molecule has 9 heteroatoms. The number of aromatic nitrogens is 3. The second-order valence-electron chi connectivity index (χ2n) is 7.92. The summed E-state index contributed by atoms with van der Waals surface area (Å²) in [5.41, 5.74) is 1.60. The van der Waals surface area contributed by atoms with Crippen LogP contribution in [0.3, 0.4) is 0 Å². The predicted molar refractivity (Wildman–Crippen MR) is 133 cm³/mol. The highest BCUT2D eigenvalue weighted by molar-refractivity contribution is 6.31. The van der Waals surface area contributed by atoms with Crippen molar-refractivity contribution in [3.05, 3.63) is 111 Å². The zero-order valence-electron chi connectivity index (χ0n) is 19.6. The summed E-state index contributed by atoms with van der Waals surface area (Å²) >= 11 is 6.26. The number of pyridine rings is 1. The van der Waals surface area contributed by atoms with E-state index in [4.69, 9.17) is 21.1 Å². The van der Waals surface area contributed by atoms with Gasteiger partial charge in [-0.05, 0) is 35.4 Å². The number of hydrogen-bond acceptors (Lipinski definition) is 5. The number of nitrogens with zero attached hydrogens (tertiary/aromatic N) is 3. The topological polar surface area (TPSA) is 87.4 Å². The number of benzene rings is 2. The Balaban J connectivity index is 1.68. The molecule has 1 atom stereocenters. The number of amides is 1. The Kier molecular flexibility index (Phi) is 7.22. The third-order valence-corrected chi connectivity index (χ3v) is 6.01. The van der Waals surface area contributed by atoms with E-state index < -0.39 is 6.04 Å². The van der Waals surface area contributed by atoms with E-state index in [-0.39, 0.29) is 18.0 Å². The molecule has 0 bridgehead atoms. The number of aryl methyl sites for hydroxylation is 1. The van der Waals surface area contributed by atoms with Crippen LogP contribution in [0.1, 0.15) is 33.4 Å². The zero-order chi connectivity index (χ0) is 24.9. The number of halogens is 1. The van der Waals surface area contributed by atoms with Gasteiger partial charge in [0.1, 0.15) is 23.4 Å². The van der Waals surface area contributed by atoms with Crippen LogP contribution in [0.15, 0.2) is 78.0 Å². The first-order chi connectivity index (χ1) is 16.9. The van der Waals surface area contributed by atoms with Gasteiger partial charge in [-0.15, -0.1) is 0 Å². The first-order valence-corrected chi connectivity index (χ1v) is 11.2. The average molecular weight is 493 g/mol. The fraction of sp³-hybridized carbons (Fsp3) is 0.192. The number of rotatable bonds is 8. The minimum Gasteiger partial charge on any atom is -0.497 e. The second kappa shape index (κ2) is 10.5. The van der Waals surface area contributed by atoms with E-state index in [1.54, 1.807) is 38.7 Å². The highest BCUT2D eigenvalue weighted by Crippen LogP contribution is 2.29. The van der Waals surface area contributed by atoms with Crippen LogP contribution in [0, 0.1) is 0 Å². The highest BCUT2D eigenvalue weighted by Gasteiger charge is 2.23. The van der Waals surface area contributed by atoms with Crippen LogP contribution >= 0.6 is 11.6 Å². The minimum absolute atomic E-state index is 0.236. The summed E-state index contributed by atoms with van der Waals surface area (Å²) in [7, 11) is 4.98. The largest absolute Gasteiger partial charge is 0.497 e. The molecule has 1 unspecified atom stereocenters. The maximum atomic E-state index is 13.4. The Morgan fingerprint density at radius 3 is 2.43 bits per heavy atom. The Hall–Kier alpha value is -4.04. The first kappa shape index (κ1) is 24.1. The Morgan fingerprint density at radius 2 is 1.80 bits per heavy atom. The number of nitrogens with one attached hydrogen (secondary N) is 1. The van der Waals surface area contributed by atoms with Crippen molar-refractivity contribution in [2.45, 2.75) is 12.6 Å². The maximum absolute atomic E-state index is 13.4. The molecule has 0 spiro atoms. The van der Waals surface area contributed by atoms with Gasteiger partial charge in [-0.2, -0.15) is 0 Å². The van der Waals surface area contributed by atoms with E-state index in [0.29, 0.717) is 27.9 Å². The molecule has 180 valence electrons. The summed E-state index contributed by atoms with van der Waals surface area (Å²) in [6.07, 6.45) is 4.99. The smallest absolute Gasteiger partial charge is 0.253 e. The Morgan fingerprint density at radius 1 is 1.09 bits per heavy atom. The maximum Gasteiger partial charge on any atom is 0.253 e. The van der Waals surface area contributed by atoms with Crippen molar-refractivity contribution in [3.63, 3.8) is 0 Å². The number of carbonyl (C=O) groups is 1. The molecular weight excluding hydrogens is 468 g/mol. The van der Waals surface area contributed by atoms with Gasteiger partial charge in [-0.25, -0.2) is 4.98 Å². The van der Waals surface area contributed by atoms with Gasteiger partial charge in [-0.1, -0.05) is 29.8 Å². The molecule has 2 aromatic heterocycles. The number of methoxy groups -OCH3 is 2. The average Bonchev–Trinajstić information content (AvgIpc) is 3.29. The molecule has 1 amide bonds. The molecule has 8 nitrogen and oxygen atoms in total. The molecule has 0 fully saturated rings. The molecule has 2 aromatic carbocycles. The Labute approximate surface area is 207 Å². The lowest BCUT2D eigenvalue weighted by molar-refractivity contribution is 0.0940. The van der Waals surface area contributed by atoms with Crippen LogP contribution in [-0.4, -0.2) is 34.2 Å². The minimum atomic E-state index is -0.601. The molecule has 0 radical (unpaired) electrons. The van der Waals surface area contributed by atoms with Crippen LogP contribution < -0.4 is 20.3 Å². The van der Waals surface area contributed by atoms with Gasteiger partial charge in [-0.3, -0.25) is 9.59 Å². The van der Waals surface area contributed by atoms with E-state index in [1.807, 2.05) is 41.9 Å². The summed E-state index contributed by atoms with van der Waals surface area (Å²) < 4.78 is 14.1. The molecule has 0 aliphatic heterocycles. The lowest BCUT2D eigenvalue weighted by atomic mass is 10.0. The van der Waals surface area contributed by atoms with E-state index in [0.717, 1.165) is 11.1 Å². The van der Waals surface area contributed by atoms with E-state index in [9.17, 15) is 9.59 Å². The van der Waals surface area contributed by atoms with Gasteiger partial charge in [0.15, 0.2) is 0 Å².